The van der Waals surface area contributed by atoms with Crippen LogP contribution in [0.3, 0.4) is 0 Å². The molecule has 4 aromatic rings. The van der Waals surface area contributed by atoms with Crippen molar-refractivity contribution in [2.45, 2.75) is 23.6 Å². The molecule has 0 aliphatic carbocycles. The molecule has 0 unspecified atom stereocenters. The first-order valence-corrected chi connectivity index (χ1v) is 10.9. The van der Waals surface area contributed by atoms with Crippen molar-refractivity contribution in [2.75, 3.05) is 21.3 Å². The summed E-state index contributed by atoms with van der Waals surface area (Å²) in [7, 11) is 4.81. The molecule has 0 bridgehead atoms. The Bertz CT molecular complexity index is 1340. The maximum absolute atomic E-state index is 13.1. The highest BCUT2D eigenvalue weighted by molar-refractivity contribution is 7.99. The molecule has 0 aliphatic heterocycles. The van der Waals surface area contributed by atoms with E-state index in [0.717, 1.165) is 32.2 Å². The van der Waals surface area contributed by atoms with E-state index in [9.17, 15) is 4.79 Å². The molecule has 0 aliphatic rings. The standard InChI is InChI=1S/C26H24O5S/c1-15-12-16(2)26(32-19-9-7-18(28-3)8-10-19)25-24(15)20(27)14-22(31-25)17-6-11-21(29-4)23(13-17)30-5/h6-14H,1-5H3. The Kier molecular flexibility index (Phi) is 6.15. The summed E-state index contributed by atoms with van der Waals surface area (Å²) in [5, 5.41) is 0.593. The molecule has 1 heterocycles. The lowest BCUT2D eigenvalue weighted by Crippen LogP contribution is -2.04. The number of rotatable bonds is 6. The number of hydrogen-bond acceptors (Lipinski definition) is 6. The average Bonchev–Trinajstić information content (AvgIpc) is 2.81. The summed E-state index contributed by atoms with van der Waals surface area (Å²) in [6, 6.07) is 16.8. The number of fused-ring (bicyclic) bond motifs is 1. The number of ether oxygens (including phenoxy) is 3. The summed E-state index contributed by atoms with van der Waals surface area (Å²) in [5.41, 5.74) is 3.18. The van der Waals surface area contributed by atoms with Crippen LogP contribution in [0.4, 0.5) is 0 Å². The molecule has 164 valence electrons. The van der Waals surface area contributed by atoms with Gasteiger partial charge in [0.1, 0.15) is 11.5 Å². The smallest absolute Gasteiger partial charge is 0.193 e. The van der Waals surface area contributed by atoms with Gasteiger partial charge in [-0.25, -0.2) is 0 Å². The summed E-state index contributed by atoms with van der Waals surface area (Å²) in [6.45, 7) is 3.96. The van der Waals surface area contributed by atoms with Gasteiger partial charge in [-0.2, -0.15) is 0 Å². The van der Waals surface area contributed by atoms with Crippen LogP contribution in [0.25, 0.3) is 22.3 Å². The van der Waals surface area contributed by atoms with E-state index >= 15 is 0 Å². The summed E-state index contributed by atoms with van der Waals surface area (Å²) in [6.07, 6.45) is 0. The van der Waals surface area contributed by atoms with Gasteiger partial charge in [0.15, 0.2) is 22.5 Å². The normalized spacial score (nSPS) is 10.9. The summed E-state index contributed by atoms with van der Waals surface area (Å²) in [4.78, 5) is 15.1. The monoisotopic (exact) mass is 448 g/mol. The summed E-state index contributed by atoms with van der Waals surface area (Å²) < 4.78 is 22.4. The Hall–Kier alpha value is -3.38. The Balaban J connectivity index is 1.89. The van der Waals surface area contributed by atoms with Crippen LogP contribution >= 0.6 is 11.8 Å². The number of aryl methyl sites for hydroxylation is 2. The molecule has 4 rings (SSSR count). The van der Waals surface area contributed by atoms with Crippen molar-refractivity contribution in [3.63, 3.8) is 0 Å². The van der Waals surface area contributed by atoms with E-state index in [0.29, 0.717) is 28.2 Å². The zero-order valence-electron chi connectivity index (χ0n) is 18.6. The molecular weight excluding hydrogens is 424 g/mol. The van der Waals surface area contributed by atoms with Gasteiger partial charge in [0.2, 0.25) is 0 Å². The molecule has 32 heavy (non-hydrogen) atoms. The number of methoxy groups -OCH3 is 3. The largest absolute Gasteiger partial charge is 0.497 e. The lowest BCUT2D eigenvalue weighted by molar-refractivity contribution is 0.355. The van der Waals surface area contributed by atoms with Crippen molar-refractivity contribution in [3.05, 3.63) is 75.9 Å². The van der Waals surface area contributed by atoms with Gasteiger partial charge in [0, 0.05) is 16.5 Å². The van der Waals surface area contributed by atoms with Gasteiger partial charge in [0.25, 0.3) is 0 Å². The molecular formula is C26H24O5S. The van der Waals surface area contributed by atoms with Crippen molar-refractivity contribution in [1.82, 2.24) is 0 Å². The van der Waals surface area contributed by atoms with Crippen LogP contribution in [-0.2, 0) is 0 Å². The Morgan fingerprint density at radius 3 is 2.16 bits per heavy atom. The highest BCUT2D eigenvalue weighted by Gasteiger charge is 2.17. The quantitative estimate of drug-likeness (QED) is 0.347. The molecule has 0 saturated carbocycles. The van der Waals surface area contributed by atoms with Crippen molar-refractivity contribution in [2.24, 2.45) is 0 Å². The van der Waals surface area contributed by atoms with E-state index in [4.69, 9.17) is 18.6 Å². The topological polar surface area (TPSA) is 57.9 Å². The first-order valence-electron chi connectivity index (χ1n) is 10.1. The predicted molar refractivity (Wildman–Crippen MR) is 128 cm³/mol. The van der Waals surface area contributed by atoms with Crippen molar-refractivity contribution >= 4 is 22.7 Å². The van der Waals surface area contributed by atoms with Crippen molar-refractivity contribution in [1.29, 1.82) is 0 Å². The maximum atomic E-state index is 13.1. The van der Waals surface area contributed by atoms with Gasteiger partial charge in [-0.3, -0.25) is 4.79 Å². The van der Waals surface area contributed by atoms with E-state index in [-0.39, 0.29) is 5.43 Å². The maximum Gasteiger partial charge on any atom is 0.193 e. The van der Waals surface area contributed by atoms with Crippen molar-refractivity contribution in [3.8, 4) is 28.6 Å². The second-order valence-corrected chi connectivity index (χ2v) is 8.45. The number of hydrogen-bond donors (Lipinski definition) is 0. The molecule has 0 radical (unpaired) electrons. The average molecular weight is 449 g/mol. The fourth-order valence-electron chi connectivity index (χ4n) is 3.69. The fraction of sp³-hybridized carbons (Fsp3) is 0.192. The molecule has 6 heteroatoms. The lowest BCUT2D eigenvalue weighted by atomic mass is 10.0. The van der Waals surface area contributed by atoms with Crippen LogP contribution in [0.2, 0.25) is 0 Å². The number of benzene rings is 3. The van der Waals surface area contributed by atoms with Gasteiger partial charge in [0.05, 0.1) is 31.6 Å². The van der Waals surface area contributed by atoms with Gasteiger partial charge in [-0.05, 0) is 67.4 Å². The molecule has 0 fully saturated rings. The van der Waals surface area contributed by atoms with Crippen LogP contribution in [0, 0.1) is 13.8 Å². The highest BCUT2D eigenvalue weighted by Crippen LogP contribution is 2.39. The molecule has 0 spiro atoms. The SMILES string of the molecule is COc1ccc(Sc2c(C)cc(C)c3c(=O)cc(-c4ccc(OC)c(OC)c4)oc23)cc1. The van der Waals surface area contributed by atoms with Crippen molar-refractivity contribution < 1.29 is 18.6 Å². The van der Waals surface area contributed by atoms with E-state index in [1.54, 1.807) is 39.2 Å². The first-order chi connectivity index (χ1) is 15.4. The van der Waals surface area contributed by atoms with Gasteiger partial charge >= 0.3 is 0 Å². The van der Waals surface area contributed by atoms with E-state index in [2.05, 4.69) is 0 Å². The van der Waals surface area contributed by atoms with Gasteiger partial charge in [-0.1, -0.05) is 17.8 Å². The second-order valence-electron chi connectivity index (χ2n) is 7.37. The highest BCUT2D eigenvalue weighted by atomic mass is 32.2. The van der Waals surface area contributed by atoms with Gasteiger partial charge < -0.3 is 18.6 Å². The molecule has 0 atom stereocenters. The third-order valence-electron chi connectivity index (χ3n) is 5.29. The minimum atomic E-state index is -0.0786. The third-order valence-corrected chi connectivity index (χ3v) is 6.51. The molecule has 0 N–H and O–H groups in total. The Morgan fingerprint density at radius 1 is 0.781 bits per heavy atom. The zero-order valence-corrected chi connectivity index (χ0v) is 19.5. The van der Waals surface area contributed by atoms with E-state index in [1.165, 1.54) is 6.07 Å². The minimum absolute atomic E-state index is 0.0786. The van der Waals surface area contributed by atoms with Crippen LogP contribution < -0.4 is 19.6 Å². The first kappa shape index (κ1) is 21.8. The van der Waals surface area contributed by atoms with E-state index < -0.39 is 0 Å². The van der Waals surface area contributed by atoms with Crippen LogP contribution in [0.1, 0.15) is 11.1 Å². The Labute approximate surface area is 190 Å². The van der Waals surface area contributed by atoms with Gasteiger partial charge in [-0.15, -0.1) is 0 Å². The Morgan fingerprint density at radius 2 is 1.50 bits per heavy atom. The fourth-order valence-corrected chi connectivity index (χ4v) is 4.65. The van der Waals surface area contributed by atoms with E-state index in [1.807, 2.05) is 56.3 Å². The lowest BCUT2D eigenvalue weighted by Gasteiger charge is -2.14. The van der Waals surface area contributed by atoms with Crippen LogP contribution in [-0.4, -0.2) is 21.3 Å². The molecule has 0 amide bonds. The summed E-state index contributed by atoms with van der Waals surface area (Å²) in [5.74, 6) is 2.45. The van der Waals surface area contributed by atoms with Crippen LogP contribution in [0.15, 0.2) is 73.6 Å². The molecule has 0 saturated heterocycles. The van der Waals surface area contributed by atoms with Crippen LogP contribution in [0.5, 0.6) is 17.2 Å². The predicted octanol–water partition coefficient (Wildman–Crippen LogP) is 6.25. The third kappa shape index (κ3) is 4.06. The second kappa shape index (κ2) is 9.01. The molecule has 3 aromatic carbocycles. The molecule has 1 aromatic heterocycles. The minimum Gasteiger partial charge on any atom is -0.497 e. The zero-order chi connectivity index (χ0) is 22.8. The molecule has 5 nitrogen and oxygen atoms in total. The summed E-state index contributed by atoms with van der Waals surface area (Å²) >= 11 is 1.57.